The van der Waals surface area contributed by atoms with Crippen LogP contribution in [0.1, 0.15) is 63.4 Å². The maximum absolute atomic E-state index is 2.30. The van der Waals surface area contributed by atoms with Gasteiger partial charge in [-0.25, -0.2) is 0 Å². The van der Waals surface area contributed by atoms with Gasteiger partial charge in [0.05, 0.1) is 0 Å². The summed E-state index contributed by atoms with van der Waals surface area (Å²) in [4.78, 5) is 0. The largest absolute Gasteiger partial charge is 0.0654 e. The molecule has 0 aromatic heterocycles. The average Bonchev–Trinajstić information content (AvgIpc) is 2.38. The lowest BCUT2D eigenvalue weighted by Crippen LogP contribution is -2.13. The van der Waals surface area contributed by atoms with Crippen LogP contribution in [0.5, 0.6) is 0 Å². The highest BCUT2D eigenvalue weighted by molar-refractivity contribution is 5.19. The Hall–Kier alpha value is -0.780. The second-order valence-corrected chi connectivity index (χ2v) is 5.27. The molecule has 0 nitrogen and oxygen atoms in total. The number of rotatable bonds is 4. The topological polar surface area (TPSA) is 0 Å². The lowest BCUT2D eigenvalue weighted by molar-refractivity contribution is 0.304. The first-order chi connectivity index (χ1) is 7.90. The van der Waals surface area contributed by atoms with Gasteiger partial charge in [-0.2, -0.15) is 0 Å². The summed E-state index contributed by atoms with van der Waals surface area (Å²) < 4.78 is 0. The molecule has 0 N–H and O–H groups in total. The van der Waals surface area contributed by atoms with Crippen LogP contribution >= 0.6 is 0 Å². The van der Waals surface area contributed by atoms with Gasteiger partial charge in [-0.15, -0.1) is 0 Å². The summed E-state index contributed by atoms with van der Waals surface area (Å²) in [5, 5.41) is 0. The quantitative estimate of drug-likeness (QED) is 0.653. The normalized spacial score (nSPS) is 25.6. The van der Waals surface area contributed by atoms with E-state index in [1.807, 2.05) is 0 Å². The SMILES string of the molecule is CCCC[C@H]1CC[C@H](c2ccccc2)CC1. The van der Waals surface area contributed by atoms with Crippen molar-refractivity contribution in [3.8, 4) is 0 Å². The molecule has 1 aromatic rings. The van der Waals surface area contributed by atoms with Gasteiger partial charge in [-0.1, -0.05) is 56.5 Å². The predicted molar refractivity (Wildman–Crippen MR) is 70.7 cm³/mol. The molecule has 1 aliphatic rings. The second kappa shape index (κ2) is 6.08. The summed E-state index contributed by atoms with van der Waals surface area (Å²) in [5.74, 6) is 1.87. The van der Waals surface area contributed by atoms with Crippen LogP contribution < -0.4 is 0 Å². The Morgan fingerprint density at radius 3 is 2.31 bits per heavy atom. The Balaban J connectivity index is 1.81. The summed E-state index contributed by atoms with van der Waals surface area (Å²) in [7, 11) is 0. The molecule has 0 spiro atoms. The van der Waals surface area contributed by atoms with Gasteiger partial charge in [0, 0.05) is 0 Å². The van der Waals surface area contributed by atoms with E-state index in [4.69, 9.17) is 0 Å². The fourth-order valence-electron chi connectivity index (χ4n) is 3.00. The van der Waals surface area contributed by atoms with Gasteiger partial charge in [0.25, 0.3) is 0 Å². The molecule has 1 aromatic carbocycles. The van der Waals surface area contributed by atoms with E-state index in [0.717, 1.165) is 11.8 Å². The number of hydrogen-bond acceptors (Lipinski definition) is 0. The molecule has 0 heterocycles. The molecule has 16 heavy (non-hydrogen) atoms. The molecule has 88 valence electrons. The number of benzene rings is 1. The molecule has 0 bridgehead atoms. The minimum absolute atomic E-state index is 0.846. The van der Waals surface area contributed by atoms with E-state index in [1.54, 1.807) is 5.56 Å². The highest BCUT2D eigenvalue weighted by Crippen LogP contribution is 2.37. The van der Waals surface area contributed by atoms with Crippen LogP contribution in [0, 0.1) is 5.92 Å². The van der Waals surface area contributed by atoms with Crippen molar-refractivity contribution in [1.82, 2.24) is 0 Å². The Kier molecular flexibility index (Phi) is 4.44. The van der Waals surface area contributed by atoms with Crippen molar-refractivity contribution in [3.63, 3.8) is 0 Å². The third-order valence-corrected chi connectivity index (χ3v) is 4.08. The standard InChI is InChI=1S/C16H24/c1-2-3-7-14-10-12-16(13-11-14)15-8-5-4-6-9-15/h4-6,8-9,14,16H,2-3,7,10-13H2,1H3/t14-,16-. The molecular weight excluding hydrogens is 192 g/mol. The van der Waals surface area contributed by atoms with Gasteiger partial charge in [-0.05, 0) is 43.1 Å². The van der Waals surface area contributed by atoms with Gasteiger partial charge < -0.3 is 0 Å². The van der Waals surface area contributed by atoms with Crippen molar-refractivity contribution in [1.29, 1.82) is 0 Å². The van der Waals surface area contributed by atoms with Gasteiger partial charge in [0.2, 0.25) is 0 Å². The van der Waals surface area contributed by atoms with Crippen LogP contribution in [0.4, 0.5) is 0 Å². The minimum atomic E-state index is 0.846. The molecule has 0 unspecified atom stereocenters. The Morgan fingerprint density at radius 1 is 1.00 bits per heavy atom. The molecule has 1 saturated carbocycles. The summed E-state index contributed by atoms with van der Waals surface area (Å²) in [5.41, 5.74) is 1.57. The minimum Gasteiger partial charge on any atom is -0.0654 e. The lowest BCUT2D eigenvalue weighted by atomic mass is 9.77. The highest BCUT2D eigenvalue weighted by atomic mass is 14.3. The zero-order valence-corrected chi connectivity index (χ0v) is 10.5. The van der Waals surface area contributed by atoms with E-state index < -0.39 is 0 Å². The van der Waals surface area contributed by atoms with Gasteiger partial charge in [-0.3, -0.25) is 0 Å². The molecule has 0 amide bonds. The first-order valence-electron chi connectivity index (χ1n) is 6.95. The summed E-state index contributed by atoms with van der Waals surface area (Å²) >= 11 is 0. The van der Waals surface area contributed by atoms with Crippen molar-refractivity contribution >= 4 is 0 Å². The van der Waals surface area contributed by atoms with Crippen LogP contribution in [0.2, 0.25) is 0 Å². The molecule has 0 heteroatoms. The molecule has 0 radical (unpaired) electrons. The fourth-order valence-corrected chi connectivity index (χ4v) is 3.00. The van der Waals surface area contributed by atoms with Crippen molar-refractivity contribution in [2.45, 2.75) is 57.8 Å². The van der Waals surface area contributed by atoms with Crippen LogP contribution in [0.3, 0.4) is 0 Å². The Bertz CT molecular complexity index is 280. The molecular formula is C16H24. The average molecular weight is 216 g/mol. The van der Waals surface area contributed by atoms with Crippen LogP contribution in [0.15, 0.2) is 30.3 Å². The third-order valence-electron chi connectivity index (χ3n) is 4.08. The predicted octanol–water partition coefficient (Wildman–Crippen LogP) is 5.15. The summed E-state index contributed by atoms with van der Waals surface area (Å²) in [6, 6.07) is 11.1. The first kappa shape index (κ1) is 11.7. The molecule has 1 fully saturated rings. The fraction of sp³-hybridized carbons (Fsp3) is 0.625. The maximum Gasteiger partial charge on any atom is -0.0162 e. The smallest absolute Gasteiger partial charge is 0.0162 e. The van der Waals surface area contributed by atoms with E-state index in [9.17, 15) is 0 Å². The van der Waals surface area contributed by atoms with E-state index >= 15 is 0 Å². The van der Waals surface area contributed by atoms with E-state index in [1.165, 1.54) is 44.9 Å². The van der Waals surface area contributed by atoms with E-state index in [0.29, 0.717) is 0 Å². The molecule has 0 saturated heterocycles. The van der Waals surface area contributed by atoms with Crippen LogP contribution in [0.25, 0.3) is 0 Å². The Morgan fingerprint density at radius 2 is 1.69 bits per heavy atom. The van der Waals surface area contributed by atoms with Crippen molar-refractivity contribution < 1.29 is 0 Å². The van der Waals surface area contributed by atoms with E-state index in [2.05, 4.69) is 37.3 Å². The lowest BCUT2D eigenvalue weighted by Gasteiger charge is -2.28. The van der Waals surface area contributed by atoms with E-state index in [-0.39, 0.29) is 0 Å². The zero-order valence-electron chi connectivity index (χ0n) is 10.5. The van der Waals surface area contributed by atoms with Crippen molar-refractivity contribution in [2.75, 3.05) is 0 Å². The summed E-state index contributed by atoms with van der Waals surface area (Å²) in [6.45, 7) is 2.30. The monoisotopic (exact) mass is 216 g/mol. The van der Waals surface area contributed by atoms with Crippen molar-refractivity contribution in [2.24, 2.45) is 5.92 Å². The molecule has 1 aliphatic carbocycles. The van der Waals surface area contributed by atoms with Crippen LogP contribution in [-0.2, 0) is 0 Å². The third kappa shape index (κ3) is 3.10. The Labute approximate surface area is 100 Å². The highest BCUT2D eigenvalue weighted by Gasteiger charge is 2.21. The summed E-state index contributed by atoms with van der Waals surface area (Å²) in [6.07, 6.45) is 10.0. The molecule has 0 aliphatic heterocycles. The first-order valence-corrected chi connectivity index (χ1v) is 6.95. The van der Waals surface area contributed by atoms with Gasteiger partial charge >= 0.3 is 0 Å². The van der Waals surface area contributed by atoms with Gasteiger partial charge in [0.15, 0.2) is 0 Å². The number of hydrogen-bond donors (Lipinski definition) is 0. The zero-order chi connectivity index (χ0) is 11.2. The van der Waals surface area contributed by atoms with Gasteiger partial charge in [0.1, 0.15) is 0 Å². The molecule has 0 atom stereocenters. The van der Waals surface area contributed by atoms with Crippen LogP contribution in [-0.4, -0.2) is 0 Å². The maximum atomic E-state index is 2.30. The van der Waals surface area contributed by atoms with Crippen molar-refractivity contribution in [3.05, 3.63) is 35.9 Å². The number of unbranched alkanes of at least 4 members (excludes halogenated alkanes) is 1. The molecule has 2 rings (SSSR count). The second-order valence-electron chi connectivity index (χ2n) is 5.27.